The largest absolute Gasteiger partial charge is 0.494 e. The average molecular weight is 579 g/mol. The summed E-state index contributed by atoms with van der Waals surface area (Å²) in [6.07, 6.45) is 4.84. The molecule has 5 rings (SSSR count). The Kier molecular flexibility index (Phi) is 10.8. The van der Waals surface area contributed by atoms with Crippen LogP contribution >= 0.6 is 36.4 Å². The first-order valence-corrected chi connectivity index (χ1v) is 14.0. The van der Waals surface area contributed by atoms with E-state index in [1.54, 1.807) is 4.90 Å². The Labute approximate surface area is 245 Å². The van der Waals surface area contributed by atoms with Crippen LogP contribution in [-0.2, 0) is 9.53 Å². The lowest BCUT2D eigenvalue weighted by atomic mass is 9.97. The Morgan fingerprint density at radius 3 is 2.15 bits per heavy atom. The van der Waals surface area contributed by atoms with E-state index in [0.29, 0.717) is 15.8 Å². The van der Waals surface area contributed by atoms with Crippen LogP contribution in [0.25, 0.3) is 5.57 Å². The van der Waals surface area contributed by atoms with Crippen molar-refractivity contribution in [1.29, 1.82) is 0 Å². The van der Waals surface area contributed by atoms with Crippen LogP contribution in [0.5, 0.6) is 5.75 Å². The predicted molar refractivity (Wildman–Crippen MR) is 167 cm³/mol. The molecule has 2 aliphatic rings. The number of halogens is 1. The number of anilines is 1. The zero-order chi connectivity index (χ0) is 26.2. The maximum atomic E-state index is 13.3. The van der Waals surface area contributed by atoms with Crippen LogP contribution in [0.3, 0.4) is 0 Å². The molecule has 2 fully saturated rings. The molecule has 3 aromatic carbocycles. The Hall–Kier alpha value is -2.94. The molecule has 1 amide bonds. The highest BCUT2D eigenvalue weighted by molar-refractivity contribution is 8.27. The second-order valence-electron chi connectivity index (χ2n) is 9.00. The summed E-state index contributed by atoms with van der Waals surface area (Å²) in [6, 6.07) is 27.9. The van der Waals surface area contributed by atoms with Crippen molar-refractivity contribution < 1.29 is 14.3 Å². The number of carbonyl (C=O) groups is 1. The number of hydrogen-bond acceptors (Lipinski definition) is 6. The molecule has 0 spiro atoms. The highest BCUT2D eigenvalue weighted by Crippen LogP contribution is 2.36. The standard InChI is InChI=1S/C31H30N2O3S2.ClH/c34-30-29(17-16-28(24-8-3-1-4-9-24)25-10-5-2-6-11-25)38-31(37)33(30)26-12-14-27(15-13-26)36-21-7-18-32-19-22-35-23-20-32;/h1-6,8-17H,7,18-23H2;1H/b29-17-;. The van der Waals surface area contributed by atoms with Crippen molar-refractivity contribution in [1.82, 2.24) is 4.90 Å². The Morgan fingerprint density at radius 1 is 0.923 bits per heavy atom. The molecule has 2 aliphatic heterocycles. The van der Waals surface area contributed by atoms with Crippen molar-refractivity contribution in [3.8, 4) is 5.75 Å². The minimum atomic E-state index is -0.115. The van der Waals surface area contributed by atoms with E-state index in [4.69, 9.17) is 21.7 Å². The summed E-state index contributed by atoms with van der Waals surface area (Å²) in [5.74, 6) is 0.672. The van der Waals surface area contributed by atoms with Gasteiger partial charge in [-0.15, -0.1) is 12.4 Å². The Bertz CT molecular complexity index is 1270. The molecular weight excluding hydrogens is 548 g/mol. The number of benzene rings is 3. The fourth-order valence-electron chi connectivity index (χ4n) is 4.45. The molecule has 0 aromatic heterocycles. The predicted octanol–water partition coefficient (Wildman–Crippen LogP) is 6.59. The first kappa shape index (κ1) is 29.1. The van der Waals surface area contributed by atoms with Gasteiger partial charge in [0, 0.05) is 19.6 Å². The molecule has 0 N–H and O–H groups in total. The van der Waals surface area contributed by atoms with Crippen LogP contribution in [0.2, 0.25) is 0 Å². The fourth-order valence-corrected chi connectivity index (χ4v) is 5.69. The van der Waals surface area contributed by atoms with E-state index < -0.39 is 0 Å². The SMILES string of the molecule is Cl.O=C1/C(=C/C=C(c2ccccc2)c2ccccc2)SC(=S)N1c1ccc(OCCCN2CCOCC2)cc1. The average Bonchev–Trinajstić information content (AvgIpc) is 3.25. The first-order valence-electron chi connectivity index (χ1n) is 12.8. The van der Waals surface area contributed by atoms with Gasteiger partial charge < -0.3 is 9.47 Å². The summed E-state index contributed by atoms with van der Waals surface area (Å²) in [5, 5.41) is 0. The Balaban J connectivity index is 0.00000353. The molecule has 2 saturated heterocycles. The zero-order valence-electron chi connectivity index (χ0n) is 21.5. The summed E-state index contributed by atoms with van der Waals surface area (Å²) in [6.45, 7) is 5.26. The second-order valence-corrected chi connectivity index (χ2v) is 10.7. The number of carbonyl (C=O) groups excluding carboxylic acids is 1. The molecule has 5 nitrogen and oxygen atoms in total. The summed E-state index contributed by atoms with van der Waals surface area (Å²) < 4.78 is 11.8. The van der Waals surface area contributed by atoms with Gasteiger partial charge >= 0.3 is 0 Å². The molecule has 8 heteroatoms. The second kappa shape index (κ2) is 14.4. The van der Waals surface area contributed by atoms with Crippen molar-refractivity contribution in [2.24, 2.45) is 0 Å². The minimum absolute atomic E-state index is 0. The minimum Gasteiger partial charge on any atom is -0.494 e. The summed E-state index contributed by atoms with van der Waals surface area (Å²) in [5.41, 5.74) is 3.97. The summed E-state index contributed by atoms with van der Waals surface area (Å²) in [7, 11) is 0. The van der Waals surface area contributed by atoms with E-state index in [1.165, 1.54) is 11.8 Å². The number of hydrogen-bond donors (Lipinski definition) is 0. The van der Waals surface area contributed by atoms with Crippen LogP contribution in [0.4, 0.5) is 5.69 Å². The van der Waals surface area contributed by atoms with Crippen molar-refractivity contribution in [2.75, 3.05) is 44.4 Å². The third-order valence-electron chi connectivity index (χ3n) is 6.45. The van der Waals surface area contributed by atoms with Gasteiger partial charge in [0.2, 0.25) is 0 Å². The van der Waals surface area contributed by atoms with E-state index in [9.17, 15) is 4.79 Å². The van der Waals surface area contributed by atoms with Crippen LogP contribution in [0, 0.1) is 0 Å². The van der Waals surface area contributed by atoms with Gasteiger partial charge in [-0.05, 0) is 53.5 Å². The molecular formula is C31H31ClN2O3S2. The smallest absolute Gasteiger partial charge is 0.270 e. The topological polar surface area (TPSA) is 42.0 Å². The quantitative estimate of drug-likeness (QED) is 0.162. The van der Waals surface area contributed by atoms with E-state index in [1.807, 2.05) is 72.8 Å². The molecule has 0 radical (unpaired) electrons. The number of thiocarbonyl (C=S) groups is 1. The Morgan fingerprint density at radius 2 is 1.54 bits per heavy atom. The fraction of sp³-hybridized carbons (Fsp3) is 0.226. The molecule has 2 heterocycles. The van der Waals surface area contributed by atoms with Crippen LogP contribution < -0.4 is 9.64 Å². The van der Waals surface area contributed by atoms with Crippen LogP contribution in [-0.4, -0.2) is 54.6 Å². The zero-order valence-corrected chi connectivity index (χ0v) is 24.0. The van der Waals surface area contributed by atoms with Crippen molar-refractivity contribution in [3.05, 3.63) is 113 Å². The number of ether oxygens (including phenoxy) is 2. The van der Waals surface area contributed by atoms with Gasteiger partial charge in [0.15, 0.2) is 4.32 Å². The molecule has 3 aromatic rings. The lowest BCUT2D eigenvalue weighted by molar-refractivity contribution is -0.113. The maximum absolute atomic E-state index is 13.3. The number of morpholine rings is 1. The van der Waals surface area contributed by atoms with Gasteiger partial charge in [0.25, 0.3) is 5.91 Å². The number of rotatable bonds is 9. The molecule has 0 aliphatic carbocycles. The molecule has 0 unspecified atom stereocenters. The normalized spacial score (nSPS) is 16.7. The van der Waals surface area contributed by atoms with Crippen LogP contribution in [0.1, 0.15) is 17.5 Å². The van der Waals surface area contributed by atoms with E-state index in [0.717, 1.165) is 67.4 Å². The van der Waals surface area contributed by atoms with Crippen molar-refractivity contribution in [3.63, 3.8) is 0 Å². The molecule has 0 saturated carbocycles. The highest BCUT2D eigenvalue weighted by atomic mass is 35.5. The lowest BCUT2D eigenvalue weighted by Crippen LogP contribution is -2.37. The molecule has 39 heavy (non-hydrogen) atoms. The first-order chi connectivity index (χ1) is 18.7. The van der Waals surface area contributed by atoms with Gasteiger partial charge in [-0.25, -0.2) is 0 Å². The van der Waals surface area contributed by atoms with E-state index >= 15 is 0 Å². The highest BCUT2D eigenvalue weighted by Gasteiger charge is 2.33. The lowest BCUT2D eigenvalue weighted by Gasteiger charge is -2.26. The van der Waals surface area contributed by atoms with Crippen molar-refractivity contribution in [2.45, 2.75) is 6.42 Å². The van der Waals surface area contributed by atoms with Crippen molar-refractivity contribution >= 4 is 57.9 Å². The molecule has 0 bridgehead atoms. The van der Waals surface area contributed by atoms with Gasteiger partial charge in [0.05, 0.1) is 30.4 Å². The molecule has 0 atom stereocenters. The number of thioether (sulfide) groups is 1. The monoisotopic (exact) mass is 578 g/mol. The maximum Gasteiger partial charge on any atom is 0.270 e. The third kappa shape index (κ3) is 7.59. The van der Waals surface area contributed by atoms with Crippen LogP contribution in [0.15, 0.2) is 102 Å². The van der Waals surface area contributed by atoms with Gasteiger partial charge in [-0.2, -0.15) is 0 Å². The molecule has 202 valence electrons. The van der Waals surface area contributed by atoms with E-state index in [-0.39, 0.29) is 18.3 Å². The van der Waals surface area contributed by atoms with Gasteiger partial charge in [-0.3, -0.25) is 14.6 Å². The van der Waals surface area contributed by atoms with Gasteiger partial charge in [0.1, 0.15) is 5.75 Å². The number of amides is 1. The summed E-state index contributed by atoms with van der Waals surface area (Å²) in [4.78, 5) is 17.9. The third-order valence-corrected chi connectivity index (χ3v) is 7.77. The summed E-state index contributed by atoms with van der Waals surface area (Å²) >= 11 is 6.91. The van der Waals surface area contributed by atoms with E-state index in [2.05, 4.69) is 29.2 Å². The number of allylic oxidation sites excluding steroid dienone is 2. The number of nitrogens with zero attached hydrogens (tertiary/aromatic N) is 2. The van der Waals surface area contributed by atoms with Gasteiger partial charge in [-0.1, -0.05) is 90.7 Å².